The number of likely N-dealkylation sites (tertiary alicyclic amines) is 1. The minimum atomic E-state index is -3.17. The van der Waals surface area contributed by atoms with Crippen LogP contribution in [0.15, 0.2) is 24.5 Å². The van der Waals surface area contributed by atoms with E-state index >= 15 is 0 Å². The summed E-state index contributed by atoms with van der Waals surface area (Å²) >= 11 is 0. The van der Waals surface area contributed by atoms with Gasteiger partial charge < -0.3 is 9.64 Å². The number of piperidine rings is 1. The van der Waals surface area contributed by atoms with Crippen molar-refractivity contribution in [1.29, 1.82) is 0 Å². The molecule has 3 heterocycles. The number of ether oxygens (including phenoxy) is 1. The minimum Gasteiger partial charge on any atom is -0.369 e. The lowest BCUT2D eigenvalue weighted by Crippen LogP contribution is -2.64. The molecule has 0 aliphatic carbocycles. The van der Waals surface area contributed by atoms with Crippen molar-refractivity contribution in [2.75, 3.05) is 26.0 Å². The number of aromatic nitrogens is 1. The molecule has 1 aromatic heterocycles. The van der Waals surface area contributed by atoms with E-state index in [1.165, 1.54) is 0 Å². The van der Waals surface area contributed by atoms with Crippen molar-refractivity contribution in [2.45, 2.75) is 44.4 Å². The van der Waals surface area contributed by atoms with Gasteiger partial charge in [-0.2, -0.15) is 0 Å². The highest BCUT2D eigenvalue weighted by Gasteiger charge is 2.51. The summed E-state index contributed by atoms with van der Waals surface area (Å²) in [7, 11) is -1.62. The lowest BCUT2D eigenvalue weighted by Gasteiger charge is -2.52. The Hall–Kier alpha value is -1.51. The molecule has 0 saturated carbocycles. The maximum atomic E-state index is 12.5. The predicted octanol–water partition coefficient (Wildman–Crippen LogP) is 1.18. The number of hydrogen-bond donors (Lipinski definition) is 0. The SMILES string of the molecule is CCCS(=O)(=O)N1CCC(N2C(=O)[C@H](OC)[C@@H]2c2ccncc2)CC1. The molecule has 0 spiro atoms. The van der Waals surface area contributed by atoms with E-state index in [2.05, 4.69) is 4.98 Å². The molecular weight excluding hydrogens is 342 g/mol. The quantitative estimate of drug-likeness (QED) is 0.706. The van der Waals surface area contributed by atoms with Gasteiger partial charge in [0.25, 0.3) is 5.91 Å². The molecule has 2 fully saturated rings. The number of nitrogens with zero attached hydrogens (tertiary/aromatic N) is 3. The van der Waals surface area contributed by atoms with E-state index in [4.69, 9.17) is 4.74 Å². The fourth-order valence-electron chi connectivity index (χ4n) is 3.80. The molecule has 138 valence electrons. The van der Waals surface area contributed by atoms with Crippen molar-refractivity contribution < 1.29 is 17.9 Å². The number of amides is 1. The fraction of sp³-hybridized carbons (Fsp3) is 0.647. The summed E-state index contributed by atoms with van der Waals surface area (Å²) in [5, 5.41) is 0. The summed E-state index contributed by atoms with van der Waals surface area (Å²) in [4.78, 5) is 18.4. The molecule has 2 aliphatic heterocycles. The minimum absolute atomic E-state index is 0.0147. The molecule has 7 nitrogen and oxygen atoms in total. The average molecular weight is 367 g/mol. The zero-order chi connectivity index (χ0) is 18.0. The van der Waals surface area contributed by atoms with Crippen LogP contribution in [0, 0.1) is 0 Å². The van der Waals surface area contributed by atoms with E-state index in [0.29, 0.717) is 32.4 Å². The van der Waals surface area contributed by atoms with Crippen LogP contribution in [0.3, 0.4) is 0 Å². The van der Waals surface area contributed by atoms with E-state index in [0.717, 1.165) is 5.56 Å². The molecule has 25 heavy (non-hydrogen) atoms. The second kappa shape index (κ2) is 7.39. The lowest BCUT2D eigenvalue weighted by atomic mass is 9.87. The zero-order valence-corrected chi connectivity index (χ0v) is 15.5. The Morgan fingerprint density at radius 3 is 2.44 bits per heavy atom. The van der Waals surface area contributed by atoms with Gasteiger partial charge in [0.15, 0.2) is 6.10 Å². The second-order valence-corrected chi connectivity index (χ2v) is 8.66. The molecule has 2 saturated heterocycles. The van der Waals surface area contributed by atoms with Crippen LogP contribution in [0.25, 0.3) is 0 Å². The highest BCUT2D eigenvalue weighted by Crippen LogP contribution is 2.40. The van der Waals surface area contributed by atoms with Gasteiger partial charge >= 0.3 is 0 Å². The molecule has 2 aliphatic rings. The number of pyridine rings is 1. The number of sulfonamides is 1. The summed E-state index contributed by atoms with van der Waals surface area (Å²) in [6.07, 6.45) is 4.89. The van der Waals surface area contributed by atoms with Crippen molar-refractivity contribution >= 4 is 15.9 Å². The van der Waals surface area contributed by atoms with Crippen LogP contribution < -0.4 is 0 Å². The van der Waals surface area contributed by atoms with E-state index in [1.807, 2.05) is 24.0 Å². The first-order chi connectivity index (χ1) is 12.0. The molecule has 0 unspecified atom stereocenters. The first-order valence-electron chi connectivity index (χ1n) is 8.72. The van der Waals surface area contributed by atoms with Crippen LogP contribution in [0.2, 0.25) is 0 Å². The maximum absolute atomic E-state index is 12.5. The first-order valence-corrected chi connectivity index (χ1v) is 10.3. The first kappa shape index (κ1) is 18.3. The molecule has 2 atom stereocenters. The predicted molar refractivity (Wildman–Crippen MR) is 93.3 cm³/mol. The maximum Gasteiger partial charge on any atom is 0.255 e. The van der Waals surface area contributed by atoms with Gasteiger partial charge in [0.2, 0.25) is 10.0 Å². The Labute approximate surface area is 149 Å². The van der Waals surface area contributed by atoms with Gasteiger partial charge in [0.05, 0.1) is 11.8 Å². The highest BCUT2D eigenvalue weighted by molar-refractivity contribution is 7.89. The third-order valence-corrected chi connectivity index (χ3v) is 7.13. The van der Waals surface area contributed by atoms with Gasteiger partial charge in [-0.1, -0.05) is 6.92 Å². The number of carbonyl (C=O) groups excluding carboxylic acids is 1. The van der Waals surface area contributed by atoms with Gasteiger partial charge in [-0.15, -0.1) is 0 Å². The molecule has 0 aromatic carbocycles. The Morgan fingerprint density at radius 2 is 1.88 bits per heavy atom. The molecule has 0 bridgehead atoms. The van der Waals surface area contributed by atoms with E-state index in [9.17, 15) is 13.2 Å². The van der Waals surface area contributed by atoms with Crippen molar-refractivity contribution in [3.8, 4) is 0 Å². The van der Waals surface area contributed by atoms with Gasteiger partial charge in [-0.25, -0.2) is 12.7 Å². The van der Waals surface area contributed by atoms with E-state index in [1.54, 1.807) is 23.8 Å². The van der Waals surface area contributed by atoms with Crippen LogP contribution in [0.4, 0.5) is 0 Å². The second-order valence-electron chi connectivity index (χ2n) is 6.57. The van der Waals surface area contributed by atoms with Gasteiger partial charge in [-0.3, -0.25) is 9.78 Å². The Bertz CT molecular complexity index is 702. The van der Waals surface area contributed by atoms with Crippen molar-refractivity contribution in [2.24, 2.45) is 0 Å². The third kappa shape index (κ3) is 3.43. The van der Waals surface area contributed by atoms with Crippen molar-refractivity contribution in [3.63, 3.8) is 0 Å². The normalized spacial score (nSPS) is 25.8. The summed E-state index contributed by atoms with van der Waals surface area (Å²) in [6.45, 7) is 2.81. The van der Waals surface area contributed by atoms with E-state index in [-0.39, 0.29) is 23.7 Å². The average Bonchev–Trinajstić information content (AvgIpc) is 2.61. The lowest BCUT2D eigenvalue weighted by molar-refractivity contribution is -0.178. The van der Waals surface area contributed by atoms with Crippen molar-refractivity contribution in [1.82, 2.24) is 14.2 Å². The Kier molecular flexibility index (Phi) is 5.41. The standard InChI is InChI=1S/C17H25N3O4S/c1-3-12-25(22,23)19-10-6-14(7-11-19)20-15(16(24-2)17(20)21)13-4-8-18-9-5-13/h4-5,8-9,14-16H,3,6-7,10-12H2,1-2H3/t15-,16+/m0/s1. The molecule has 1 amide bonds. The number of carbonyl (C=O) groups is 1. The largest absolute Gasteiger partial charge is 0.369 e. The topological polar surface area (TPSA) is 79.8 Å². The zero-order valence-electron chi connectivity index (χ0n) is 14.7. The Balaban J connectivity index is 1.71. The Morgan fingerprint density at radius 1 is 1.24 bits per heavy atom. The third-order valence-electron chi connectivity index (χ3n) is 5.06. The molecule has 8 heteroatoms. The van der Waals surface area contributed by atoms with Crippen LogP contribution in [-0.4, -0.2) is 66.6 Å². The number of β-lactam (4-membered cyclic amide) rings is 1. The molecule has 1 aromatic rings. The fourth-order valence-corrected chi connectivity index (χ4v) is 5.34. The van der Waals surface area contributed by atoms with Gasteiger partial charge in [0, 0.05) is 38.6 Å². The smallest absolute Gasteiger partial charge is 0.255 e. The van der Waals surface area contributed by atoms with E-state index < -0.39 is 16.1 Å². The monoisotopic (exact) mass is 367 g/mol. The molecule has 0 N–H and O–H groups in total. The molecule has 3 rings (SSSR count). The van der Waals surface area contributed by atoms with Crippen LogP contribution >= 0.6 is 0 Å². The summed E-state index contributed by atoms with van der Waals surface area (Å²) in [6, 6.07) is 3.72. The molecular formula is C17H25N3O4S. The van der Waals surface area contributed by atoms with Crippen LogP contribution in [0.1, 0.15) is 37.8 Å². The highest BCUT2D eigenvalue weighted by atomic mass is 32.2. The molecule has 0 radical (unpaired) electrons. The summed E-state index contributed by atoms with van der Waals surface area (Å²) in [5.41, 5.74) is 1.00. The van der Waals surface area contributed by atoms with Crippen LogP contribution in [-0.2, 0) is 19.6 Å². The summed E-state index contributed by atoms with van der Waals surface area (Å²) < 4.78 is 31.4. The van der Waals surface area contributed by atoms with Gasteiger partial charge in [0.1, 0.15) is 0 Å². The van der Waals surface area contributed by atoms with Gasteiger partial charge in [-0.05, 0) is 37.0 Å². The number of hydrogen-bond acceptors (Lipinski definition) is 5. The number of rotatable bonds is 6. The summed E-state index contributed by atoms with van der Waals surface area (Å²) in [5.74, 6) is 0.172. The van der Waals surface area contributed by atoms with Crippen molar-refractivity contribution in [3.05, 3.63) is 30.1 Å². The number of methoxy groups -OCH3 is 1. The van der Waals surface area contributed by atoms with Crippen LogP contribution in [0.5, 0.6) is 0 Å².